The van der Waals surface area contributed by atoms with Crippen molar-refractivity contribution in [3.05, 3.63) is 462 Å². The standard InChI is InChI=1S/4C29H20N2OSi.4Pt/c4*1-33(29-14-5-7-18-31-29)26-12-3-2-11-24(26)25-16-15-22(20-27(25)33)21-9-8-10-23(19-21)32-28-13-4-6-17-30-28;;;;/h4*2-18H,1H3;;;;/q4*-2;4*+2/i17D;13D;6D;4D;;;;. The third kappa shape index (κ3) is 18.4. The molecule has 0 radical (unpaired) electrons. The molecular formula is C116H80N8O4Pt4Si4. The first-order valence-electron chi connectivity index (χ1n) is 45.4. The van der Waals surface area contributed by atoms with E-state index < -0.39 is 32.3 Å². The Morgan fingerprint density at radius 3 is 0.809 bits per heavy atom. The van der Waals surface area contributed by atoms with Crippen LogP contribution in [-0.2, 0) is 84.3 Å². The first-order chi connectivity index (χ1) is 66.5. The van der Waals surface area contributed by atoms with Crippen LogP contribution in [0.3, 0.4) is 0 Å². The van der Waals surface area contributed by atoms with E-state index in [2.05, 4.69) is 289 Å². The van der Waals surface area contributed by atoms with Crippen LogP contribution in [0.4, 0.5) is 0 Å². The molecular weight excluding hydrogens is 2460 g/mol. The summed E-state index contributed by atoms with van der Waals surface area (Å²) in [6, 6.07) is 144. The Balaban J connectivity index is 0.000000128. The molecule has 4 atom stereocenters. The summed E-state index contributed by atoms with van der Waals surface area (Å²) < 4.78 is 54.6. The molecule has 0 saturated heterocycles. The zero-order chi connectivity index (χ0) is 92.5. The molecule has 136 heavy (non-hydrogen) atoms. The van der Waals surface area contributed by atoms with Gasteiger partial charge in [-0.05, 0) is 72.8 Å². The van der Waals surface area contributed by atoms with Gasteiger partial charge >= 0.3 is 84.3 Å². The topological polar surface area (TPSA) is 140 Å². The van der Waals surface area contributed by atoms with Crippen LogP contribution >= 0.6 is 0 Å². The van der Waals surface area contributed by atoms with Gasteiger partial charge in [0.1, 0.15) is 32.3 Å². The molecule has 4 aliphatic heterocycles. The minimum absolute atomic E-state index is 0. The zero-order valence-corrected chi connectivity index (χ0v) is 86.5. The van der Waals surface area contributed by atoms with E-state index >= 15 is 0 Å². The number of ether oxygens (including phenoxy) is 4. The van der Waals surface area contributed by atoms with Crippen LogP contribution in [0.15, 0.2) is 413 Å². The van der Waals surface area contributed by atoms with Gasteiger partial charge in [0, 0.05) is 118 Å². The van der Waals surface area contributed by atoms with Gasteiger partial charge in [-0.25, -0.2) is 64.4 Å². The van der Waals surface area contributed by atoms with Crippen molar-refractivity contribution in [1.82, 2.24) is 39.9 Å². The summed E-state index contributed by atoms with van der Waals surface area (Å²) >= 11 is 0. The van der Waals surface area contributed by atoms with Crippen molar-refractivity contribution in [2.75, 3.05) is 0 Å². The molecule has 12 heterocycles. The molecule has 0 spiro atoms. The van der Waals surface area contributed by atoms with Crippen molar-refractivity contribution in [1.29, 1.82) is 0 Å². The number of rotatable bonds is 16. The normalized spacial score (nSPS) is 16.1. The maximum atomic E-state index is 8.00. The number of pyridine rings is 8. The van der Waals surface area contributed by atoms with E-state index in [-0.39, 0.29) is 102 Å². The summed E-state index contributed by atoms with van der Waals surface area (Å²) in [6.07, 6.45) is 12.3. The minimum Gasteiger partial charge on any atom is -0.460 e. The summed E-state index contributed by atoms with van der Waals surface area (Å²) in [5.74, 6) is 3.66. The number of nitrogens with zero attached hydrogens (tertiary/aromatic N) is 8. The second-order valence-corrected chi connectivity index (χ2v) is 47.9. The largest absolute Gasteiger partial charge is 2.00 e. The fourth-order valence-corrected chi connectivity index (χ4v) is 34.1. The van der Waals surface area contributed by atoms with E-state index in [0.717, 1.165) is 65.8 Å². The van der Waals surface area contributed by atoms with Gasteiger partial charge in [0.2, 0.25) is 23.5 Å². The van der Waals surface area contributed by atoms with E-state index in [1.165, 1.54) is 92.2 Å². The smallest absolute Gasteiger partial charge is 0.460 e. The van der Waals surface area contributed by atoms with Gasteiger partial charge in [-0.3, -0.25) is 19.9 Å². The molecule has 8 aromatic heterocycles. The maximum Gasteiger partial charge on any atom is 2.00 e. The van der Waals surface area contributed by atoms with Crippen molar-refractivity contribution in [2.24, 2.45) is 0 Å². The van der Waals surface area contributed by atoms with Crippen molar-refractivity contribution in [3.63, 3.8) is 0 Å². The molecule has 0 aliphatic carbocycles. The van der Waals surface area contributed by atoms with Crippen molar-refractivity contribution >= 4 is 95.1 Å². The Morgan fingerprint density at radius 1 is 0.206 bits per heavy atom. The summed E-state index contributed by atoms with van der Waals surface area (Å²) in [7, 11) is -9.17. The van der Waals surface area contributed by atoms with Crippen LogP contribution in [0.5, 0.6) is 46.5 Å². The zero-order valence-electron chi connectivity index (χ0n) is 77.4. The predicted octanol–water partition coefficient (Wildman–Crippen LogP) is 18.5. The second kappa shape index (κ2) is 41.5. The molecule has 20 aromatic rings. The van der Waals surface area contributed by atoms with Crippen LogP contribution < -0.4 is 81.7 Å². The van der Waals surface area contributed by atoms with E-state index in [0.29, 0.717) is 52.7 Å². The minimum atomic E-state index is -2.30. The average Bonchev–Trinajstić information content (AvgIpc) is 1.58. The van der Waals surface area contributed by atoms with Gasteiger partial charge in [0.05, 0.1) is 5.48 Å². The number of fused-ring (bicyclic) bond motifs is 12. The Bertz CT molecular complexity index is 7720. The van der Waals surface area contributed by atoms with Gasteiger partial charge in [0.15, 0.2) is 0 Å². The summed E-state index contributed by atoms with van der Waals surface area (Å²) in [5.41, 5.74) is 17.5. The quantitative estimate of drug-likeness (QED) is 0.0672. The summed E-state index contributed by atoms with van der Waals surface area (Å²) in [5, 5.41) is 15.0. The van der Waals surface area contributed by atoms with Crippen LogP contribution in [0.2, 0.25) is 26.2 Å². The van der Waals surface area contributed by atoms with Gasteiger partial charge in [-0.1, -0.05) is 215 Å². The van der Waals surface area contributed by atoms with Crippen molar-refractivity contribution in [3.8, 4) is 136 Å². The average molecular weight is 2550 g/mol. The van der Waals surface area contributed by atoms with E-state index in [4.69, 9.17) is 44.4 Å². The first kappa shape index (κ1) is 89.2. The Kier molecular flexibility index (Phi) is 27.2. The fourth-order valence-electron chi connectivity index (χ4n) is 18.5. The SMILES string of the molecule is [2H]c1ccc(Oc2[c-]c(-c3[c-]c4c(cc3)-c3ccccc3[Si]4(C)c3ccccn3)ccc2)nc1.[2H]c1cccc(Oc2[c-]c(-c3[c-]c4c(cc3)-c3ccccc3[Si]4(C)c3ccccn3)ccc2)n1.[2H]c1cccnc1Oc1[c-]c(-c2[c-]c3c(cc2)-c2ccccc2[Si]3(C)c2ccccn2)ccc1.[2H]c1ccnc(Oc2[c-]c(-c3[c-]c4c(cc3)-c3ccccc3[Si]4(C)c3ccccn3)ccc2)c1.[Pt+2].[Pt+2].[Pt+2].[Pt+2]. The third-order valence-corrected chi connectivity index (χ3v) is 41.8. The monoisotopic (exact) mass is 2540 g/mol. The third-order valence-electron chi connectivity index (χ3n) is 24.9. The molecule has 664 valence electrons. The molecule has 0 amide bonds. The van der Waals surface area contributed by atoms with Crippen LogP contribution in [0, 0.1) is 48.5 Å². The predicted molar refractivity (Wildman–Crippen MR) is 536 cm³/mol. The first-order valence-corrected chi connectivity index (χ1v) is 53.4. The molecule has 4 aliphatic rings. The Morgan fingerprint density at radius 2 is 0.485 bits per heavy atom. The fraction of sp³-hybridized carbons (Fsp3) is 0.0345. The number of aromatic nitrogens is 8. The summed E-state index contributed by atoms with van der Waals surface area (Å²) in [4.78, 5) is 35.8. The molecule has 12 nitrogen and oxygen atoms in total. The molecule has 4 unspecified atom stereocenters. The Hall–Kier alpha value is -13.3. The number of benzene rings is 12. The maximum absolute atomic E-state index is 8.00. The molecule has 12 aromatic carbocycles. The number of hydrogen-bond acceptors (Lipinski definition) is 12. The van der Waals surface area contributed by atoms with Gasteiger partial charge in [0.25, 0.3) is 0 Å². The van der Waals surface area contributed by atoms with Crippen LogP contribution in [0.25, 0.3) is 89.0 Å². The number of hydrogen-bond donors (Lipinski definition) is 0. The van der Waals surface area contributed by atoms with Crippen molar-refractivity contribution < 1.29 is 109 Å². The Labute approximate surface area is 859 Å². The van der Waals surface area contributed by atoms with Crippen LogP contribution in [0.1, 0.15) is 5.48 Å². The van der Waals surface area contributed by atoms with Gasteiger partial charge in [-0.2, -0.15) is 97.1 Å². The summed E-state index contributed by atoms with van der Waals surface area (Å²) in [6.45, 7) is 9.46. The molecule has 20 heteroatoms. The molecule has 0 bridgehead atoms. The molecule has 0 N–H and O–H groups in total. The van der Waals surface area contributed by atoms with Gasteiger partial charge < -0.3 is 18.9 Å². The second-order valence-electron chi connectivity index (χ2n) is 32.7. The van der Waals surface area contributed by atoms with Gasteiger partial charge in [-0.15, -0.1) is 116 Å². The van der Waals surface area contributed by atoms with Crippen molar-refractivity contribution in [2.45, 2.75) is 26.2 Å². The van der Waals surface area contributed by atoms with E-state index in [1.54, 1.807) is 67.0 Å². The van der Waals surface area contributed by atoms with E-state index in [1.807, 2.05) is 122 Å². The molecule has 0 saturated carbocycles. The van der Waals surface area contributed by atoms with E-state index in [9.17, 15) is 0 Å². The molecule has 24 rings (SSSR count). The molecule has 0 fully saturated rings. The van der Waals surface area contributed by atoms with Crippen LogP contribution in [-0.4, -0.2) is 72.2 Å².